The van der Waals surface area contributed by atoms with Crippen LogP contribution in [-0.2, 0) is 22.5 Å². The topological polar surface area (TPSA) is 111 Å². The summed E-state index contributed by atoms with van der Waals surface area (Å²) in [6.45, 7) is 5.50. The SMILES string of the molecule is CC(C)(C)OC(=O)N[C@@H](Cc1ccc([N+](=O)[O-])cc1)C(=O)NCc1ccccc1. The fraction of sp³-hybridized carbons (Fsp3) is 0.333. The smallest absolute Gasteiger partial charge is 0.408 e. The van der Waals surface area contributed by atoms with E-state index < -0.39 is 22.7 Å². The molecule has 0 heterocycles. The van der Waals surface area contributed by atoms with Gasteiger partial charge in [0.15, 0.2) is 0 Å². The fourth-order valence-corrected chi connectivity index (χ4v) is 2.56. The highest BCUT2D eigenvalue weighted by molar-refractivity contribution is 5.86. The van der Waals surface area contributed by atoms with Crippen LogP contribution in [0.4, 0.5) is 10.5 Å². The first kappa shape index (κ1) is 21.9. The summed E-state index contributed by atoms with van der Waals surface area (Å²) in [4.78, 5) is 35.2. The number of non-ortho nitro benzene ring substituents is 1. The van der Waals surface area contributed by atoms with Gasteiger partial charge in [-0.25, -0.2) is 4.79 Å². The van der Waals surface area contributed by atoms with Gasteiger partial charge < -0.3 is 15.4 Å². The molecular formula is C21H25N3O5. The lowest BCUT2D eigenvalue weighted by Gasteiger charge is -2.23. The lowest BCUT2D eigenvalue weighted by atomic mass is 10.0. The van der Waals surface area contributed by atoms with Crippen molar-refractivity contribution in [2.45, 2.75) is 45.4 Å². The number of hydrogen-bond donors (Lipinski definition) is 2. The summed E-state index contributed by atoms with van der Waals surface area (Å²) in [7, 11) is 0. The molecule has 29 heavy (non-hydrogen) atoms. The van der Waals surface area contributed by atoms with Crippen LogP contribution in [-0.4, -0.2) is 28.6 Å². The van der Waals surface area contributed by atoms with Crippen LogP contribution < -0.4 is 10.6 Å². The molecule has 2 aromatic rings. The monoisotopic (exact) mass is 399 g/mol. The zero-order valence-corrected chi connectivity index (χ0v) is 16.7. The third kappa shape index (κ3) is 7.61. The summed E-state index contributed by atoms with van der Waals surface area (Å²) < 4.78 is 5.25. The molecule has 8 nitrogen and oxygen atoms in total. The van der Waals surface area contributed by atoms with Crippen molar-refractivity contribution in [1.29, 1.82) is 0 Å². The highest BCUT2D eigenvalue weighted by Crippen LogP contribution is 2.14. The molecule has 0 aliphatic rings. The minimum absolute atomic E-state index is 0.0427. The quantitative estimate of drug-likeness (QED) is 0.548. The molecule has 0 saturated carbocycles. The lowest BCUT2D eigenvalue weighted by molar-refractivity contribution is -0.384. The molecule has 0 aromatic heterocycles. The minimum atomic E-state index is -0.894. The summed E-state index contributed by atoms with van der Waals surface area (Å²) in [5.74, 6) is -0.377. The van der Waals surface area contributed by atoms with Crippen molar-refractivity contribution >= 4 is 17.7 Å². The molecule has 0 aliphatic heterocycles. The molecule has 154 valence electrons. The van der Waals surface area contributed by atoms with Gasteiger partial charge in [0.1, 0.15) is 11.6 Å². The minimum Gasteiger partial charge on any atom is -0.444 e. The van der Waals surface area contributed by atoms with Gasteiger partial charge >= 0.3 is 6.09 Å². The maximum absolute atomic E-state index is 12.7. The molecule has 0 aliphatic carbocycles. The molecule has 0 spiro atoms. The van der Waals surface area contributed by atoms with Crippen LogP contribution in [0.1, 0.15) is 31.9 Å². The van der Waals surface area contributed by atoms with Crippen LogP contribution in [0.15, 0.2) is 54.6 Å². The number of nitrogens with zero attached hydrogens (tertiary/aromatic N) is 1. The van der Waals surface area contributed by atoms with E-state index in [2.05, 4.69) is 10.6 Å². The van der Waals surface area contributed by atoms with Crippen LogP contribution in [0, 0.1) is 10.1 Å². The molecule has 0 bridgehead atoms. The zero-order valence-electron chi connectivity index (χ0n) is 16.7. The Morgan fingerprint density at radius 2 is 1.66 bits per heavy atom. The first-order chi connectivity index (χ1) is 13.6. The van der Waals surface area contributed by atoms with Gasteiger partial charge in [0.2, 0.25) is 5.91 Å². The van der Waals surface area contributed by atoms with E-state index in [0.29, 0.717) is 12.1 Å². The van der Waals surface area contributed by atoms with Gasteiger partial charge in [-0.05, 0) is 31.9 Å². The molecule has 2 rings (SSSR count). The third-order valence-electron chi connectivity index (χ3n) is 3.90. The number of hydrogen-bond acceptors (Lipinski definition) is 5. The number of ether oxygens (including phenoxy) is 1. The molecule has 0 fully saturated rings. The van der Waals surface area contributed by atoms with Crippen molar-refractivity contribution in [2.75, 3.05) is 0 Å². The lowest BCUT2D eigenvalue weighted by Crippen LogP contribution is -2.49. The molecule has 8 heteroatoms. The van der Waals surface area contributed by atoms with Crippen molar-refractivity contribution in [3.05, 3.63) is 75.8 Å². The highest BCUT2D eigenvalue weighted by Gasteiger charge is 2.24. The van der Waals surface area contributed by atoms with Gasteiger partial charge in [0.05, 0.1) is 4.92 Å². The Morgan fingerprint density at radius 3 is 2.21 bits per heavy atom. The molecule has 2 amide bonds. The summed E-state index contributed by atoms with van der Waals surface area (Å²) >= 11 is 0. The second kappa shape index (κ2) is 9.68. The number of benzene rings is 2. The van der Waals surface area contributed by atoms with Crippen LogP contribution in [0.3, 0.4) is 0 Å². The summed E-state index contributed by atoms with van der Waals surface area (Å²) in [6, 6.07) is 14.3. The van der Waals surface area contributed by atoms with E-state index in [0.717, 1.165) is 5.56 Å². The Hall–Kier alpha value is -3.42. The van der Waals surface area contributed by atoms with E-state index in [9.17, 15) is 19.7 Å². The van der Waals surface area contributed by atoms with Gasteiger partial charge in [-0.15, -0.1) is 0 Å². The summed E-state index contributed by atoms with van der Waals surface area (Å²) in [6.07, 6.45) is -0.544. The average Bonchev–Trinajstić information content (AvgIpc) is 2.65. The van der Waals surface area contributed by atoms with Gasteiger partial charge in [0.25, 0.3) is 5.69 Å². The maximum Gasteiger partial charge on any atom is 0.408 e. The Labute approximate surface area is 169 Å². The number of nitrogens with one attached hydrogen (secondary N) is 2. The summed E-state index contributed by atoms with van der Waals surface area (Å²) in [5.41, 5.74) is 0.848. The molecule has 2 aromatic carbocycles. The Kier molecular flexibility index (Phi) is 7.30. The predicted octanol–water partition coefficient (Wildman–Crippen LogP) is 3.35. The number of alkyl carbamates (subject to hydrolysis) is 1. The van der Waals surface area contributed by atoms with Crippen molar-refractivity contribution < 1.29 is 19.2 Å². The number of carbonyl (C=O) groups excluding carboxylic acids is 2. The van der Waals surface area contributed by atoms with Crippen LogP contribution in [0.2, 0.25) is 0 Å². The first-order valence-electron chi connectivity index (χ1n) is 9.18. The van der Waals surface area contributed by atoms with Gasteiger partial charge in [-0.2, -0.15) is 0 Å². The van der Waals surface area contributed by atoms with Crippen molar-refractivity contribution in [3.63, 3.8) is 0 Å². The third-order valence-corrected chi connectivity index (χ3v) is 3.90. The molecule has 0 radical (unpaired) electrons. The van der Waals surface area contributed by atoms with Gasteiger partial charge in [-0.1, -0.05) is 42.5 Å². The number of amides is 2. The number of rotatable bonds is 7. The molecule has 0 saturated heterocycles. The Morgan fingerprint density at radius 1 is 1.03 bits per heavy atom. The zero-order chi connectivity index (χ0) is 21.4. The van der Waals surface area contributed by atoms with E-state index in [1.807, 2.05) is 30.3 Å². The largest absolute Gasteiger partial charge is 0.444 e. The predicted molar refractivity (Wildman–Crippen MR) is 108 cm³/mol. The van der Waals surface area contributed by atoms with Crippen LogP contribution in [0.25, 0.3) is 0 Å². The maximum atomic E-state index is 12.7. The van der Waals surface area contributed by atoms with Gasteiger partial charge in [0, 0.05) is 25.1 Å². The summed E-state index contributed by atoms with van der Waals surface area (Å²) in [5, 5.41) is 16.2. The van der Waals surface area contributed by atoms with Crippen molar-refractivity contribution in [3.8, 4) is 0 Å². The standard InChI is InChI=1S/C21H25N3O5/c1-21(2,3)29-20(26)23-18(13-15-9-11-17(12-10-15)24(27)28)19(25)22-14-16-7-5-4-6-8-16/h4-12,18H,13-14H2,1-3H3,(H,22,25)(H,23,26)/t18-/m0/s1. The van der Waals surface area contributed by atoms with E-state index in [-0.39, 0.29) is 18.0 Å². The normalized spacial score (nSPS) is 12.0. The van der Waals surface area contributed by atoms with E-state index in [4.69, 9.17) is 4.74 Å². The van der Waals surface area contributed by atoms with Crippen LogP contribution >= 0.6 is 0 Å². The van der Waals surface area contributed by atoms with Gasteiger partial charge in [-0.3, -0.25) is 14.9 Å². The second-order valence-corrected chi connectivity index (χ2v) is 7.53. The van der Waals surface area contributed by atoms with E-state index >= 15 is 0 Å². The molecule has 1 atom stereocenters. The number of carbonyl (C=O) groups is 2. The van der Waals surface area contributed by atoms with E-state index in [1.165, 1.54) is 12.1 Å². The number of nitro groups is 1. The van der Waals surface area contributed by atoms with Crippen LogP contribution in [0.5, 0.6) is 0 Å². The molecular weight excluding hydrogens is 374 g/mol. The Bertz CT molecular complexity index is 845. The van der Waals surface area contributed by atoms with Crippen molar-refractivity contribution in [1.82, 2.24) is 10.6 Å². The average molecular weight is 399 g/mol. The number of nitro benzene ring substituents is 1. The Balaban J connectivity index is 2.09. The fourth-order valence-electron chi connectivity index (χ4n) is 2.56. The van der Waals surface area contributed by atoms with Crippen molar-refractivity contribution in [2.24, 2.45) is 0 Å². The molecule has 2 N–H and O–H groups in total. The second-order valence-electron chi connectivity index (χ2n) is 7.53. The highest BCUT2D eigenvalue weighted by atomic mass is 16.6. The molecule has 0 unspecified atom stereocenters. The van der Waals surface area contributed by atoms with E-state index in [1.54, 1.807) is 32.9 Å². The first-order valence-corrected chi connectivity index (χ1v) is 9.18.